The van der Waals surface area contributed by atoms with Crippen molar-refractivity contribution in [3.8, 4) is 0 Å². The van der Waals surface area contributed by atoms with Gasteiger partial charge in [0.25, 0.3) is 0 Å². The minimum atomic E-state index is 0.211. The van der Waals surface area contributed by atoms with E-state index < -0.39 is 0 Å². The Bertz CT molecular complexity index is 590. The smallest absolute Gasteiger partial charge is 0.228 e. The van der Waals surface area contributed by atoms with E-state index in [1.54, 1.807) is 12.4 Å². The number of β-amino-alcohol motifs (C(OH)–C–C–N with tert-alkyl or cyclic N) is 1. The molecule has 6 nitrogen and oxygen atoms in total. The molecule has 22 heavy (non-hydrogen) atoms. The number of aromatic nitrogens is 3. The highest BCUT2D eigenvalue weighted by molar-refractivity contribution is 5.46. The Hall–Kier alpha value is -2.05. The second-order valence-corrected chi connectivity index (χ2v) is 5.51. The topological polar surface area (TPSA) is 74.2 Å². The highest BCUT2D eigenvalue weighted by atomic mass is 16.3. The molecule has 0 amide bonds. The average molecular weight is 299 g/mol. The van der Waals surface area contributed by atoms with Crippen molar-refractivity contribution in [1.29, 1.82) is 0 Å². The molecule has 1 saturated heterocycles. The Morgan fingerprint density at radius 1 is 1.23 bits per heavy atom. The number of hydrogen-bond donors (Lipinski definition) is 2. The Labute approximate surface area is 130 Å². The highest BCUT2D eigenvalue weighted by Crippen LogP contribution is 2.26. The summed E-state index contributed by atoms with van der Waals surface area (Å²) in [4.78, 5) is 15.4. The molecule has 0 bridgehead atoms. The van der Waals surface area contributed by atoms with Crippen LogP contribution in [0.2, 0.25) is 0 Å². The predicted molar refractivity (Wildman–Crippen MR) is 85.1 cm³/mol. The molecule has 1 aliphatic heterocycles. The van der Waals surface area contributed by atoms with Crippen LogP contribution in [0.4, 0.5) is 11.8 Å². The maximum Gasteiger partial charge on any atom is 0.228 e. The fourth-order valence-electron chi connectivity index (χ4n) is 2.85. The van der Waals surface area contributed by atoms with Crippen LogP contribution in [0.25, 0.3) is 0 Å². The second-order valence-electron chi connectivity index (χ2n) is 5.51. The third-order valence-electron chi connectivity index (χ3n) is 3.92. The normalized spacial score (nSPS) is 19.0. The van der Waals surface area contributed by atoms with Crippen LogP contribution in [-0.4, -0.2) is 51.2 Å². The molecule has 0 saturated carbocycles. The van der Waals surface area contributed by atoms with Crippen LogP contribution >= 0.6 is 0 Å². The predicted octanol–water partition coefficient (Wildman–Crippen LogP) is 1.79. The monoisotopic (exact) mass is 299 g/mol. The summed E-state index contributed by atoms with van der Waals surface area (Å²) in [5.74, 6) is 1.72. The number of pyridine rings is 1. The molecule has 1 aliphatic rings. The summed E-state index contributed by atoms with van der Waals surface area (Å²) in [5, 5.41) is 12.2. The van der Waals surface area contributed by atoms with Gasteiger partial charge in [-0.05, 0) is 37.6 Å². The summed E-state index contributed by atoms with van der Waals surface area (Å²) in [7, 11) is 0. The van der Waals surface area contributed by atoms with E-state index in [4.69, 9.17) is 5.11 Å². The molecule has 1 fully saturated rings. The van der Waals surface area contributed by atoms with Crippen LogP contribution in [0.5, 0.6) is 0 Å². The van der Waals surface area contributed by atoms with Crippen LogP contribution in [0.15, 0.2) is 36.7 Å². The van der Waals surface area contributed by atoms with Gasteiger partial charge in [0.15, 0.2) is 0 Å². The standard InChI is InChI=1S/C16H21N5O/c22-11-10-21-9-3-4-13(12-21)14-6-8-18-16(19-14)20-15-5-1-2-7-17-15/h1-2,5-8,13,22H,3-4,9-12H2,(H,17,18,19,20). The van der Waals surface area contributed by atoms with Crippen molar-refractivity contribution < 1.29 is 5.11 Å². The van der Waals surface area contributed by atoms with Crippen molar-refractivity contribution in [2.45, 2.75) is 18.8 Å². The van der Waals surface area contributed by atoms with Crippen LogP contribution in [0, 0.1) is 0 Å². The molecular weight excluding hydrogens is 278 g/mol. The molecule has 116 valence electrons. The summed E-state index contributed by atoms with van der Waals surface area (Å²) in [6, 6.07) is 7.67. The molecule has 6 heteroatoms. The minimum absolute atomic E-state index is 0.211. The fraction of sp³-hybridized carbons (Fsp3) is 0.438. The Balaban J connectivity index is 1.70. The largest absolute Gasteiger partial charge is 0.395 e. The molecule has 2 aromatic heterocycles. The van der Waals surface area contributed by atoms with Crippen LogP contribution in [0.3, 0.4) is 0 Å². The quantitative estimate of drug-likeness (QED) is 0.877. The van der Waals surface area contributed by atoms with Gasteiger partial charge in [-0.1, -0.05) is 6.07 Å². The molecule has 0 aromatic carbocycles. The zero-order chi connectivity index (χ0) is 15.2. The van der Waals surface area contributed by atoms with Crippen molar-refractivity contribution >= 4 is 11.8 Å². The van der Waals surface area contributed by atoms with Gasteiger partial charge in [0.2, 0.25) is 5.95 Å². The molecular formula is C16H21N5O. The maximum absolute atomic E-state index is 9.10. The number of nitrogens with one attached hydrogen (secondary N) is 1. The zero-order valence-electron chi connectivity index (χ0n) is 12.5. The summed E-state index contributed by atoms with van der Waals surface area (Å²) >= 11 is 0. The van der Waals surface area contributed by atoms with Crippen molar-refractivity contribution in [3.63, 3.8) is 0 Å². The second kappa shape index (κ2) is 7.29. The number of anilines is 2. The number of rotatable bonds is 5. The lowest BCUT2D eigenvalue weighted by Gasteiger charge is -2.31. The number of aliphatic hydroxyl groups excluding tert-OH is 1. The van der Waals surface area contributed by atoms with Gasteiger partial charge in [-0.25, -0.2) is 15.0 Å². The molecule has 0 spiro atoms. The lowest BCUT2D eigenvalue weighted by molar-refractivity contribution is 0.160. The Morgan fingerprint density at radius 2 is 2.18 bits per heavy atom. The SMILES string of the molecule is OCCN1CCCC(c2ccnc(Nc3ccccn3)n2)C1. The Morgan fingerprint density at radius 3 is 3.00 bits per heavy atom. The van der Waals surface area contributed by atoms with E-state index in [0.29, 0.717) is 11.9 Å². The van der Waals surface area contributed by atoms with Crippen LogP contribution in [0.1, 0.15) is 24.5 Å². The van der Waals surface area contributed by atoms with Gasteiger partial charge in [0.1, 0.15) is 5.82 Å². The van der Waals surface area contributed by atoms with Gasteiger partial charge in [-0.2, -0.15) is 0 Å². The van der Waals surface area contributed by atoms with E-state index in [2.05, 4.69) is 25.2 Å². The molecule has 3 rings (SSSR count). The van der Waals surface area contributed by atoms with Gasteiger partial charge in [0.05, 0.1) is 12.3 Å². The first kappa shape index (κ1) is 14.9. The first-order valence-electron chi connectivity index (χ1n) is 7.69. The summed E-state index contributed by atoms with van der Waals surface area (Å²) in [6.45, 7) is 2.95. The number of nitrogens with zero attached hydrogens (tertiary/aromatic N) is 4. The van der Waals surface area contributed by atoms with Gasteiger partial charge >= 0.3 is 0 Å². The summed E-state index contributed by atoms with van der Waals surface area (Å²) in [6.07, 6.45) is 5.79. The first-order valence-corrected chi connectivity index (χ1v) is 7.69. The van der Waals surface area contributed by atoms with Gasteiger partial charge in [0, 0.05) is 31.4 Å². The third-order valence-corrected chi connectivity index (χ3v) is 3.92. The molecule has 0 radical (unpaired) electrons. The third kappa shape index (κ3) is 3.78. The van der Waals surface area contributed by atoms with E-state index in [0.717, 1.165) is 44.0 Å². The lowest BCUT2D eigenvalue weighted by Crippen LogP contribution is -2.36. The molecule has 2 aromatic rings. The fourth-order valence-corrected chi connectivity index (χ4v) is 2.85. The summed E-state index contributed by atoms with van der Waals surface area (Å²) < 4.78 is 0. The number of aliphatic hydroxyl groups is 1. The molecule has 1 atom stereocenters. The number of hydrogen-bond acceptors (Lipinski definition) is 6. The van der Waals surface area contributed by atoms with Gasteiger partial charge in [-0.3, -0.25) is 0 Å². The zero-order valence-corrected chi connectivity index (χ0v) is 12.5. The van der Waals surface area contributed by atoms with Crippen LogP contribution < -0.4 is 5.32 Å². The minimum Gasteiger partial charge on any atom is -0.395 e. The lowest BCUT2D eigenvalue weighted by atomic mass is 9.94. The van der Waals surface area contributed by atoms with Gasteiger partial charge in [-0.15, -0.1) is 0 Å². The first-order chi connectivity index (χ1) is 10.8. The molecule has 1 unspecified atom stereocenters. The van der Waals surface area contributed by atoms with Crippen molar-refractivity contribution in [2.24, 2.45) is 0 Å². The number of piperidine rings is 1. The molecule has 0 aliphatic carbocycles. The van der Waals surface area contributed by atoms with E-state index >= 15 is 0 Å². The number of likely N-dealkylation sites (tertiary alicyclic amines) is 1. The van der Waals surface area contributed by atoms with Crippen molar-refractivity contribution in [1.82, 2.24) is 19.9 Å². The average Bonchev–Trinajstić information content (AvgIpc) is 2.57. The van der Waals surface area contributed by atoms with E-state index in [1.807, 2.05) is 24.3 Å². The maximum atomic E-state index is 9.10. The van der Waals surface area contributed by atoms with Gasteiger partial charge < -0.3 is 15.3 Å². The van der Waals surface area contributed by atoms with Crippen LogP contribution in [-0.2, 0) is 0 Å². The molecule has 3 heterocycles. The molecule has 2 N–H and O–H groups in total. The van der Waals surface area contributed by atoms with E-state index in [9.17, 15) is 0 Å². The Kier molecular flexibility index (Phi) is 4.92. The van der Waals surface area contributed by atoms with Crippen molar-refractivity contribution in [2.75, 3.05) is 31.6 Å². The highest BCUT2D eigenvalue weighted by Gasteiger charge is 2.22. The van der Waals surface area contributed by atoms with Crippen molar-refractivity contribution in [3.05, 3.63) is 42.4 Å². The summed E-state index contributed by atoms with van der Waals surface area (Å²) in [5.41, 5.74) is 1.05. The van der Waals surface area contributed by atoms with E-state index in [1.165, 1.54) is 0 Å². The van der Waals surface area contributed by atoms with E-state index in [-0.39, 0.29) is 6.61 Å².